The summed E-state index contributed by atoms with van der Waals surface area (Å²) >= 11 is 13.9. The molecule has 0 aliphatic heterocycles. The third-order valence-corrected chi connectivity index (χ3v) is 3.98. The third kappa shape index (κ3) is 3.94. The minimum Gasteiger partial charge on any atom is -0.267 e. The molecular formula is C14H9Cl2IN2O. The Labute approximate surface area is 140 Å². The molecule has 0 atom stereocenters. The van der Waals surface area contributed by atoms with Crippen LogP contribution in [-0.2, 0) is 0 Å². The zero-order chi connectivity index (χ0) is 14.5. The lowest BCUT2D eigenvalue weighted by Gasteiger charge is -2.03. The number of hydrogen-bond acceptors (Lipinski definition) is 2. The van der Waals surface area contributed by atoms with E-state index in [4.69, 9.17) is 23.2 Å². The van der Waals surface area contributed by atoms with Crippen LogP contribution in [0.25, 0.3) is 0 Å². The predicted octanol–water partition coefficient (Wildman–Crippen LogP) is 4.36. The number of hydrazone groups is 1. The van der Waals surface area contributed by atoms with Gasteiger partial charge in [0.1, 0.15) is 0 Å². The highest BCUT2D eigenvalue weighted by atomic mass is 127. The molecule has 0 saturated heterocycles. The molecule has 0 fully saturated rings. The van der Waals surface area contributed by atoms with E-state index in [0.29, 0.717) is 15.6 Å². The summed E-state index contributed by atoms with van der Waals surface area (Å²) in [5.41, 5.74) is 3.69. The van der Waals surface area contributed by atoms with E-state index in [-0.39, 0.29) is 5.91 Å². The molecule has 2 aromatic rings. The van der Waals surface area contributed by atoms with Gasteiger partial charge in [0.2, 0.25) is 0 Å². The number of benzene rings is 2. The van der Waals surface area contributed by atoms with E-state index in [0.717, 1.165) is 9.13 Å². The Balaban J connectivity index is 2.07. The van der Waals surface area contributed by atoms with Gasteiger partial charge in [0.05, 0.1) is 16.8 Å². The van der Waals surface area contributed by atoms with Gasteiger partial charge in [0.15, 0.2) is 0 Å². The normalized spacial score (nSPS) is 10.8. The van der Waals surface area contributed by atoms with Gasteiger partial charge in [-0.05, 0) is 46.9 Å². The Kier molecular flexibility index (Phi) is 5.39. The summed E-state index contributed by atoms with van der Waals surface area (Å²) in [6, 6.07) is 12.4. The van der Waals surface area contributed by atoms with Crippen molar-refractivity contribution in [2.45, 2.75) is 0 Å². The van der Waals surface area contributed by atoms with Crippen LogP contribution >= 0.6 is 45.8 Å². The molecule has 0 bridgehead atoms. The van der Waals surface area contributed by atoms with Gasteiger partial charge < -0.3 is 0 Å². The van der Waals surface area contributed by atoms with Crippen molar-refractivity contribution in [2.24, 2.45) is 5.10 Å². The van der Waals surface area contributed by atoms with E-state index in [1.807, 2.05) is 24.3 Å². The fourth-order valence-electron chi connectivity index (χ4n) is 1.47. The van der Waals surface area contributed by atoms with Crippen molar-refractivity contribution in [3.05, 3.63) is 67.2 Å². The molecule has 0 heterocycles. The minimum absolute atomic E-state index is 0.291. The van der Waals surface area contributed by atoms with Crippen LogP contribution in [0.1, 0.15) is 15.9 Å². The first-order valence-corrected chi connectivity index (χ1v) is 7.44. The van der Waals surface area contributed by atoms with Crippen LogP contribution in [-0.4, -0.2) is 12.1 Å². The highest BCUT2D eigenvalue weighted by Crippen LogP contribution is 2.20. The molecule has 0 spiro atoms. The molecule has 1 amide bonds. The maximum absolute atomic E-state index is 11.9. The topological polar surface area (TPSA) is 41.5 Å². The molecule has 102 valence electrons. The van der Waals surface area contributed by atoms with Crippen molar-refractivity contribution in [3.63, 3.8) is 0 Å². The Hall–Kier alpha value is -1.11. The van der Waals surface area contributed by atoms with Crippen LogP contribution in [0.2, 0.25) is 10.0 Å². The van der Waals surface area contributed by atoms with Crippen LogP contribution in [0.15, 0.2) is 47.6 Å². The van der Waals surface area contributed by atoms with Gasteiger partial charge in [-0.3, -0.25) is 4.79 Å². The van der Waals surface area contributed by atoms with Gasteiger partial charge in [0.25, 0.3) is 5.91 Å². The predicted molar refractivity (Wildman–Crippen MR) is 90.7 cm³/mol. The Morgan fingerprint density at radius 3 is 2.65 bits per heavy atom. The van der Waals surface area contributed by atoms with Crippen LogP contribution < -0.4 is 5.43 Å². The molecule has 0 saturated carbocycles. The van der Waals surface area contributed by atoms with Crippen LogP contribution in [0.3, 0.4) is 0 Å². The number of rotatable bonds is 3. The summed E-state index contributed by atoms with van der Waals surface area (Å²) in [5, 5.41) is 4.69. The summed E-state index contributed by atoms with van der Waals surface area (Å²) in [7, 11) is 0. The van der Waals surface area contributed by atoms with Crippen molar-refractivity contribution in [3.8, 4) is 0 Å². The highest BCUT2D eigenvalue weighted by molar-refractivity contribution is 14.1. The van der Waals surface area contributed by atoms with Crippen LogP contribution in [0.5, 0.6) is 0 Å². The number of halogens is 3. The average Bonchev–Trinajstić information content (AvgIpc) is 2.40. The Morgan fingerprint density at radius 2 is 1.95 bits per heavy atom. The zero-order valence-electron chi connectivity index (χ0n) is 10.1. The molecule has 0 unspecified atom stereocenters. The van der Waals surface area contributed by atoms with E-state index in [1.54, 1.807) is 18.3 Å². The quantitative estimate of drug-likeness (QED) is 0.449. The van der Waals surface area contributed by atoms with Crippen molar-refractivity contribution in [1.82, 2.24) is 5.43 Å². The molecular weight excluding hydrogens is 410 g/mol. The van der Waals surface area contributed by atoms with Gasteiger partial charge in [-0.15, -0.1) is 0 Å². The fourth-order valence-corrected chi connectivity index (χ4v) is 2.50. The molecule has 1 N–H and O–H groups in total. The van der Waals surface area contributed by atoms with Gasteiger partial charge in [-0.2, -0.15) is 5.10 Å². The lowest BCUT2D eigenvalue weighted by atomic mass is 10.2. The number of carbonyl (C=O) groups excluding carboxylic acids is 1. The van der Waals surface area contributed by atoms with Gasteiger partial charge in [-0.25, -0.2) is 5.43 Å². The second kappa shape index (κ2) is 7.06. The van der Waals surface area contributed by atoms with E-state index >= 15 is 0 Å². The van der Waals surface area contributed by atoms with Gasteiger partial charge in [0, 0.05) is 14.2 Å². The van der Waals surface area contributed by atoms with Crippen molar-refractivity contribution < 1.29 is 4.79 Å². The first kappa shape index (κ1) is 15.3. The van der Waals surface area contributed by atoms with Gasteiger partial charge >= 0.3 is 0 Å². The maximum Gasteiger partial charge on any atom is 0.272 e. The third-order valence-electron chi connectivity index (χ3n) is 2.45. The highest BCUT2D eigenvalue weighted by Gasteiger charge is 2.09. The second-order valence-electron chi connectivity index (χ2n) is 3.84. The Bertz CT molecular complexity index is 674. The second-order valence-corrected chi connectivity index (χ2v) is 5.85. The summed E-state index contributed by atoms with van der Waals surface area (Å²) in [4.78, 5) is 11.9. The largest absolute Gasteiger partial charge is 0.272 e. The molecule has 0 aromatic heterocycles. The molecule has 0 aliphatic rings. The number of nitrogens with one attached hydrogen (secondary N) is 1. The van der Waals surface area contributed by atoms with Gasteiger partial charge in [-0.1, -0.05) is 41.4 Å². The van der Waals surface area contributed by atoms with E-state index in [1.165, 1.54) is 6.07 Å². The number of nitrogens with zero attached hydrogens (tertiary/aromatic N) is 1. The summed E-state index contributed by atoms with van der Waals surface area (Å²) in [6.07, 6.45) is 1.59. The standard InChI is InChI=1S/C14H9Cl2IN2O/c15-10-5-6-11(12(16)7-10)14(20)19-18-8-9-3-1-2-4-13(9)17/h1-8H,(H,19,20). The fraction of sp³-hybridized carbons (Fsp3) is 0. The molecule has 0 aliphatic carbocycles. The smallest absolute Gasteiger partial charge is 0.267 e. The zero-order valence-corrected chi connectivity index (χ0v) is 13.8. The SMILES string of the molecule is O=C(NN=Cc1ccccc1I)c1ccc(Cl)cc1Cl. The maximum atomic E-state index is 11.9. The van der Waals surface area contributed by atoms with Crippen molar-refractivity contribution in [2.75, 3.05) is 0 Å². The van der Waals surface area contributed by atoms with E-state index in [9.17, 15) is 4.79 Å². The molecule has 6 heteroatoms. The first-order valence-electron chi connectivity index (χ1n) is 5.61. The summed E-state index contributed by atoms with van der Waals surface area (Å²) < 4.78 is 1.05. The first-order chi connectivity index (χ1) is 9.58. The number of hydrogen-bond donors (Lipinski definition) is 1. The molecule has 2 aromatic carbocycles. The lowest BCUT2D eigenvalue weighted by molar-refractivity contribution is 0.0955. The molecule has 20 heavy (non-hydrogen) atoms. The Morgan fingerprint density at radius 1 is 1.20 bits per heavy atom. The van der Waals surface area contributed by atoms with E-state index < -0.39 is 0 Å². The monoisotopic (exact) mass is 418 g/mol. The molecule has 3 nitrogen and oxygen atoms in total. The summed E-state index contributed by atoms with van der Waals surface area (Å²) in [6.45, 7) is 0. The molecule has 2 rings (SSSR count). The van der Waals surface area contributed by atoms with E-state index in [2.05, 4.69) is 33.1 Å². The lowest BCUT2D eigenvalue weighted by Crippen LogP contribution is -2.18. The van der Waals surface area contributed by atoms with Crippen LogP contribution in [0.4, 0.5) is 0 Å². The van der Waals surface area contributed by atoms with Crippen molar-refractivity contribution >= 4 is 57.9 Å². The average molecular weight is 419 g/mol. The number of amides is 1. The number of carbonyl (C=O) groups is 1. The van der Waals surface area contributed by atoms with Crippen LogP contribution in [0, 0.1) is 3.57 Å². The summed E-state index contributed by atoms with van der Waals surface area (Å²) in [5.74, 6) is -0.381. The van der Waals surface area contributed by atoms with Crippen molar-refractivity contribution in [1.29, 1.82) is 0 Å². The minimum atomic E-state index is -0.381. The molecule has 0 radical (unpaired) electrons.